The van der Waals surface area contributed by atoms with Crippen LogP contribution in [0, 0.1) is 11.8 Å². The summed E-state index contributed by atoms with van der Waals surface area (Å²) in [4.78, 5) is 70.1. The van der Waals surface area contributed by atoms with Crippen molar-refractivity contribution in [3.05, 3.63) is 112 Å². The number of nitrogens with one attached hydrogen (secondary N) is 1. The monoisotopic (exact) mass is 692 g/mol. The molecule has 1 aromatic heterocycles. The van der Waals surface area contributed by atoms with Crippen molar-refractivity contribution >= 4 is 40.7 Å². The Hall–Kier alpha value is -5.09. The van der Waals surface area contributed by atoms with Crippen LogP contribution >= 0.6 is 11.3 Å². The van der Waals surface area contributed by atoms with Crippen LogP contribution in [0.25, 0.3) is 11.1 Å². The van der Waals surface area contributed by atoms with E-state index < -0.39 is 41.7 Å². The summed E-state index contributed by atoms with van der Waals surface area (Å²) in [5.74, 6) is -3.78. The van der Waals surface area contributed by atoms with Crippen molar-refractivity contribution in [3.63, 3.8) is 0 Å². The first kappa shape index (κ1) is 34.8. The van der Waals surface area contributed by atoms with Crippen molar-refractivity contribution < 1.29 is 33.8 Å². The lowest BCUT2D eigenvalue weighted by Crippen LogP contribution is -2.54. The summed E-state index contributed by atoms with van der Waals surface area (Å²) < 4.78 is 5.75. The largest absolute Gasteiger partial charge is 0.486 e. The zero-order valence-corrected chi connectivity index (χ0v) is 28.5. The first-order valence-electron chi connectivity index (χ1n) is 17.0. The molecule has 10 heteroatoms. The lowest BCUT2D eigenvalue weighted by Gasteiger charge is -2.30. The number of Topliss-reactive ketones (excluding diaryl/α,β-unsaturated/α-hetero) is 2. The van der Waals surface area contributed by atoms with Gasteiger partial charge < -0.3 is 20.1 Å². The topological polar surface area (TPSA) is 130 Å². The predicted octanol–water partition coefficient (Wildman–Crippen LogP) is 5.55. The number of ketones is 2. The van der Waals surface area contributed by atoms with E-state index in [9.17, 15) is 29.1 Å². The smallest absolute Gasteiger partial charge is 0.307 e. The first-order chi connectivity index (χ1) is 24.2. The number of nitrogens with zero attached hydrogens (tertiary/aromatic N) is 1. The van der Waals surface area contributed by atoms with E-state index in [1.165, 1.54) is 16.2 Å². The number of carbonyl (C=O) groups excluding carboxylic acids is 4. The highest BCUT2D eigenvalue weighted by molar-refractivity contribution is 7.09. The number of amides is 2. The second-order valence-corrected chi connectivity index (χ2v) is 14.1. The number of carboxylic acid groups (broad SMARTS) is 1. The molecule has 3 aliphatic rings. The van der Waals surface area contributed by atoms with Gasteiger partial charge >= 0.3 is 5.97 Å². The van der Waals surface area contributed by atoms with Crippen molar-refractivity contribution in [2.75, 3.05) is 13.2 Å². The van der Waals surface area contributed by atoms with Gasteiger partial charge in [-0.1, -0.05) is 72.8 Å². The molecule has 0 unspecified atom stereocenters. The molecule has 0 aliphatic carbocycles. The van der Waals surface area contributed by atoms with Gasteiger partial charge in [-0.15, -0.1) is 11.3 Å². The molecule has 4 aromatic rings. The molecule has 2 amide bonds. The Balaban J connectivity index is 1.31. The molecule has 4 heterocycles. The molecule has 0 radical (unpaired) electrons. The molecule has 0 saturated carbocycles. The Morgan fingerprint density at radius 2 is 1.58 bits per heavy atom. The molecule has 1 fully saturated rings. The van der Waals surface area contributed by atoms with E-state index in [0.717, 1.165) is 21.6 Å². The fraction of sp³-hybridized carbons (Fsp3) is 0.325. The minimum Gasteiger partial charge on any atom is -0.486 e. The van der Waals surface area contributed by atoms with Gasteiger partial charge in [-0.3, -0.25) is 24.0 Å². The number of thiophene rings is 1. The number of aliphatic carboxylic acids is 1. The van der Waals surface area contributed by atoms with Crippen LogP contribution in [-0.2, 0) is 43.2 Å². The number of carbonyl (C=O) groups is 5. The van der Waals surface area contributed by atoms with Gasteiger partial charge in [-0.05, 0) is 71.5 Å². The second-order valence-electron chi connectivity index (χ2n) is 13.1. The Kier molecular flexibility index (Phi) is 11.2. The van der Waals surface area contributed by atoms with Gasteiger partial charge in [0.05, 0.1) is 12.0 Å². The van der Waals surface area contributed by atoms with E-state index in [0.29, 0.717) is 37.1 Å². The maximum absolute atomic E-state index is 14.4. The van der Waals surface area contributed by atoms with Gasteiger partial charge in [0.25, 0.3) is 0 Å². The second kappa shape index (κ2) is 16.1. The molecule has 9 nitrogen and oxygen atoms in total. The quantitative estimate of drug-likeness (QED) is 0.271. The number of rotatable bonds is 6. The van der Waals surface area contributed by atoms with Crippen LogP contribution < -0.4 is 10.1 Å². The fourth-order valence-corrected chi connectivity index (χ4v) is 7.60. The van der Waals surface area contributed by atoms with Crippen molar-refractivity contribution in [3.8, 4) is 16.9 Å². The predicted molar refractivity (Wildman–Crippen MR) is 190 cm³/mol. The highest BCUT2D eigenvalue weighted by Gasteiger charge is 2.39. The van der Waals surface area contributed by atoms with Crippen LogP contribution in [0.15, 0.2) is 96.4 Å². The van der Waals surface area contributed by atoms with Crippen molar-refractivity contribution in [1.82, 2.24) is 10.2 Å². The molecule has 7 rings (SSSR count). The average Bonchev–Trinajstić information content (AvgIpc) is 3.83. The van der Waals surface area contributed by atoms with Crippen molar-refractivity contribution in [2.45, 2.75) is 57.0 Å². The standard InChI is InChI=1S/C40H40N2O7S/c43-32-22-30(23-34-8-5-19-50-34)38(45)41-35(21-27-10-14-29(15-11-27)28-6-2-1-3-7-28)39(46)42-18-4-9-36(42)37(44)24-31(40(47)48)20-26-12-16-33(17-13-26)49-25-32/h1-3,5-8,10-17,19,30-31,35-36H,4,9,18,20-25H2,(H,41,45)(H,47,48)/t30-,31+,35+,36-/m0/s1. The van der Waals surface area contributed by atoms with Crippen LogP contribution in [0.5, 0.6) is 5.75 Å². The Labute approximate surface area is 295 Å². The Morgan fingerprint density at radius 3 is 2.28 bits per heavy atom. The minimum absolute atomic E-state index is 0.0837. The third-order valence-corrected chi connectivity index (χ3v) is 10.4. The zero-order chi connectivity index (χ0) is 35.0. The third kappa shape index (κ3) is 8.73. The van der Waals surface area contributed by atoms with E-state index in [2.05, 4.69) is 5.32 Å². The molecule has 258 valence electrons. The van der Waals surface area contributed by atoms with Gasteiger partial charge in [-0.25, -0.2) is 0 Å². The van der Waals surface area contributed by atoms with Gasteiger partial charge in [0, 0.05) is 36.6 Å². The van der Waals surface area contributed by atoms with E-state index in [1.54, 1.807) is 24.3 Å². The summed E-state index contributed by atoms with van der Waals surface area (Å²) >= 11 is 1.49. The van der Waals surface area contributed by atoms with Crippen LogP contribution in [-0.4, -0.2) is 64.6 Å². The summed E-state index contributed by atoms with van der Waals surface area (Å²) in [5, 5.41) is 14.9. The number of hydrogen-bond donors (Lipinski definition) is 2. The third-order valence-electron chi connectivity index (χ3n) is 9.50. The summed E-state index contributed by atoms with van der Waals surface area (Å²) in [6.45, 7) is 0.0770. The molecule has 50 heavy (non-hydrogen) atoms. The highest BCUT2D eigenvalue weighted by atomic mass is 32.1. The molecule has 0 spiro atoms. The van der Waals surface area contributed by atoms with Gasteiger partial charge in [0.2, 0.25) is 11.8 Å². The van der Waals surface area contributed by atoms with Gasteiger partial charge in [0.15, 0.2) is 11.6 Å². The lowest BCUT2D eigenvalue weighted by molar-refractivity contribution is -0.145. The maximum Gasteiger partial charge on any atom is 0.307 e. The van der Waals surface area contributed by atoms with Crippen molar-refractivity contribution in [2.24, 2.45) is 11.8 Å². The first-order valence-corrected chi connectivity index (χ1v) is 17.9. The van der Waals surface area contributed by atoms with Gasteiger partial charge in [0.1, 0.15) is 18.4 Å². The van der Waals surface area contributed by atoms with Crippen LogP contribution in [0.2, 0.25) is 0 Å². The minimum atomic E-state index is -1.09. The molecule has 4 atom stereocenters. The van der Waals surface area contributed by atoms with E-state index in [-0.39, 0.29) is 43.9 Å². The number of hydrogen-bond acceptors (Lipinski definition) is 7. The van der Waals surface area contributed by atoms with Crippen LogP contribution in [0.4, 0.5) is 0 Å². The molecular weight excluding hydrogens is 653 g/mol. The van der Waals surface area contributed by atoms with E-state index in [4.69, 9.17) is 4.74 Å². The number of fused-ring (bicyclic) bond motifs is 13. The molecule has 3 aromatic carbocycles. The van der Waals surface area contributed by atoms with Crippen molar-refractivity contribution in [1.29, 1.82) is 0 Å². The highest BCUT2D eigenvalue weighted by Crippen LogP contribution is 2.27. The zero-order valence-electron chi connectivity index (χ0n) is 27.7. The van der Waals surface area contributed by atoms with Crippen LogP contribution in [0.1, 0.15) is 41.7 Å². The summed E-state index contributed by atoms with van der Waals surface area (Å²) in [6, 6.07) is 26.5. The average molecular weight is 693 g/mol. The number of benzene rings is 3. The summed E-state index contributed by atoms with van der Waals surface area (Å²) in [5.41, 5.74) is 3.59. The SMILES string of the molecule is O=C1COc2ccc(cc2)C[C@@H](C(=O)O)CC(=O)[C@@H]2CCCN2C(=O)[C@@H](Cc2ccc(-c3ccccc3)cc2)NC(=O)[C@H](Cc2cccs2)C1. The number of carboxylic acids is 1. The number of ether oxygens (including phenoxy) is 1. The molecule has 3 aliphatic heterocycles. The Bertz CT molecular complexity index is 1810. The van der Waals surface area contributed by atoms with E-state index in [1.807, 2.05) is 72.1 Å². The summed E-state index contributed by atoms with van der Waals surface area (Å²) in [7, 11) is 0. The molecule has 2 N–H and O–H groups in total. The molecule has 2 bridgehead atoms. The van der Waals surface area contributed by atoms with Crippen LogP contribution in [0.3, 0.4) is 0 Å². The fourth-order valence-electron chi connectivity index (χ4n) is 6.81. The lowest BCUT2D eigenvalue weighted by atomic mass is 9.91. The molecular formula is C40H40N2O7S. The summed E-state index contributed by atoms with van der Waals surface area (Å²) in [6.07, 6.45) is 1.32. The molecule has 1 saturated heterocycles. The van der Waals surface area contributed by atoms with Gasteiger partial charge in [-0.2, -0.15) is 0 Å². The Morgan fingerprint density at radius 1 is 0.840 bits per heavy atom. The van der Waals surface area contributed by atoms with E-state index >= 15 is 0 Å². The normalized spacial score (nSPS) is 22.2. The maximum atomic E-state index is 14.4.